The second-order valence-electron chi connectivity index (χ2n) is 11.5. The number of fused-ring (bicyclic) bond motifs is 1. The molecule has 2 saturated heterocycles. The van der Waals surface area contributed by atoms with Crippen LogP contribution < -0.4 is 20.7 Å². The Morgan fingerprint density at radius 2 is 1.93 bits per heavy atom. The number of piperazine rings is 1. The number of hydrogen-bond donors (Lipinski definition) is 3. The molecule has 6 rings (SSSR count). The van der Waals surface area contributed by atoms with E-state index in [1.807, 2.05) is 23.5 Å². The Labute approximate surface area is 265 Å². The van der Waals surface area contributed by atoms with Crippen molar-refractivity contribution in [2.75, 3.05) is 58.2 Å². The van der Waals surface area contributed by atoms with Crippen molar-refractivity contribution in [3.05, 3.63) is 71.9 Å². The van der Waals surface area contributed by atoms with E-state index in [-0.39, 0.29) is 29.4 Å². The molecule has 0 saturated carbocycles. The van der Waals surface area contributed by atoms with E-state index in [1.165, 1.54) is 13.2 Å². The maximum Gasteiger partial charge on any atom is 0.254 e. The second kappa shape index (κ2) is 13.5. The normalized spacial score (nSPS) is 15.7. The van der Waals surface area contributed by atoms with Gasteiger partial charge < -0.3 is 30.5 Å². The summed E-state index contributed by atoms with van der Waals surface area (Å²) >= 11 is 0. The fourth-order valence-electron chi connectivity index (χ4n) is 6.02. The van der Waals surface area contributed by atoms with Crippen molar-refractivity contribution in [1.82, 2.24) is 34.8 Å². The number of carbonyl (C=O) groups excluding carboxylic acids is 3. The molecule has 0 atom stereocenters. The van der Waals surface area contributed by atoms with Crippen LogP contribution in [0.25, 0.3) is 16.9 Å². The summed E-state index contributed by atoms with van der Waals surface area (Å²) in [7, 11) is 1.42. The van der Waals surface area contributed by atoms with Crippen LogP contribution in [0.15, 0.2) is 55.0 Å². The van der Waals surface area contributed by atoms with Crippen LogP contribution in [0.1, 0.15) is 28.8 Å². The average Bonchev–Trinajstić information content (AvgIpc) is 3.51. The van der Waals surface area contributed by atoms with Crippen molar-refractivity contribution < 1.29 is 23.5 Å². The van der Waals surface area contributed by atoms with Gasteiger partial charge in [0.1, 0.15) is 0 Å². The number of aryl methyl sites for hydroxylation is 1. The topological polar surface area (TPSA) is 133 Å². The largest absolute Gasteiger partial charge is 0.494 e. The third-order valence-corrected chi connectivity index (χ3v) is 8.62. The van der Waals surface area contributed by atoms with Crippen LogP contribution in [0.5, 0.6) is 5.75 Å². The van der Waals surface area contributed by atoms with E-state index in [9.17, 15) is 18.8 Å². The van der Waals surface area contributed by atoms with Gasteiger partial charge in [-0.15, -0.1) is 0 Å². The number of imidazole rings is 1. The number of hydrogen-bond acceptors (Lipinski definition) is 8. The van der Waals surface area contributed by atoms with Crippen LogP contribution in [-0.2, 0) is 9.59 Å². The molecule has 0 radical (unpaired) electrons. The molecule has 0 aliphatic carbocycles. The molecule has 12 nitrogen and oxygen atoms in total. The van der Waals surface area contributed by atoms with Gasteiger partial charge in [-0.05, 0) is 61.7 Å². The Kier molecular flexibility index (Phi) is 9.11. The van der Waals surface area contributed by atoms with Crippen molar-refractivity contribution >= 4 is 34.9 Å². The highest BCUT2D eigenvalue weighted by atomic mass is 19.1. The van der Waals surface area contributed by atoms with Gasteiger partial charge in [-0.1, -0.05) is 0 Å². The predicted octanol–water partition coefficient (Wildman–Crippen LogP) is 3.00. The zero-order chi connectivity index (χ0) is 32.2. The Balaban J connectivity index is 1.05. The van der Waals surface area contributed by atoms with Crippen molar-refractivity contribution in [3.8, 4) is 17.0 Å². The summed E-state index contributed by atoms with van der Waals surface area (Å²) in [5.74, 6) is 0.0355. The van der Waals surface area contributed by atoms with E-state index >= 15 is 0 Å². The maximum absolute atomic E-state index is 14.4. The Morgan fingerprint density at radius 1 is 1.11 bits per heavy atom. The van der Waals surface area contributed by atoms with Crippen LogP contribution >= 0.6 is 0 Å². The molecule has 3 N–H and O–H groups in total. The number of carbonyl (C=O) groups is 3. The smallest absolute Gasteiger partial charge is 0.254 e. The number of nitrogens with zero attached hydrogens (tertiary/aromatic N) is 5. The summed E-state index contributed by atoms with van der Waals surface area (Å²) in [6, 6.07) is 10.3. The van der Waals surface area contributed by atoms with E-state index in [0.29, 0.717) is 80.4 Å². The lowest BCUT2D eigenvalue weighted by Gasteiger charge is -2.32. The van der Waals surface area contributed by atoms with Gasteiger partial charge in [-0.2, -0.15) is 0 Å². The van der Waals surface area contributed by atoms with Crippen molar-refractivity contribution in [2.45, 2.75) is 19.8 Å². The first-order chi connectivity index (χ1) is 22.3. The van der Waals surface area contributed by atoms with Crippen LogP contribution in [0.3, 0.4) is 0 Å². The number of nitrogens with one attached hydrogen (secondary N) is 3. The third-order valence-electron chi connectivity index (χ3n) is 8.62. The minimum Gasteiger partial charge on any atom is -0.494 e. The predicted molar refractivity (Wildman–Crippen MR) is 170 cm³/mol. The lowest BCUT2D eigenvalue weighted by molar-refractivity contribution is -0.132. The summed E-state index contributed by atoms with van der Waals surface area (Å²) in [6.45, 7) is 5.58. The molecule has 2 aliphatic heterocycles. The molecule has 4 heterocycles. The monoisotopic (exact) mass is 628 g/mol. The summed E-state index contributed by atoms with van der Waals surface area (Å²) in [4.78, 5) is 50.6. The molecule has 2 aromatic carbocycles. The first-order valence-electron chi connectivity index (χ1n) is 15.4. The van der Waals surface area contributed by atoms with Crippen LogP contribution in [0.2, 0.25) is 0 Å². The number of rotatable bonds is 9. The number of benzene rings is 2. The quantitative estimate of drug-likeness (QED) is 0.258. The first kappa shape index (κ1) is 31.0. The number of likely N-dealkylation sites (tertiary alicyclic amines) is 1. The number of amides is 3. The van der Waals surface area contributed by atoms with Gasteiger partial charge in [0.25, 0.3) is 5.91 Å². The average molecular weight is 629 g/mol. The SMILES string of the molecule is COc1ccc(-c2cnc3c(Nc4ccc(C(=O)N5CCC(C(=O)NCCN6CCNCC6=O)CC5)c(C)c4)nccn23)cc1F. The highest BCUT2D eigenvalue weighted by molar-refractivity contribution is 5.96. The molecule has 2 aromatic heterocycles. The first-order valence-corrected chi connectivity index (χ1v) is 15.4. The molecular formula is C33H37FN8O4. The molecule has 2 fully saturated rings. The Bertz CT molecular complexity index is 1770. The molecule has 240 valence electrons. The minimum atomic E-state index is -0.459. The lowest BCUT2D eigenvalue weighted by Crippen LogP contribution is -2.50. The molecular weight excluding hydrogens is 591 g/mol. The van der Waals surface area contributed by atoms with E-state index < -0.39 is 5.82 Å². The number of anilines is 2. The number of halogens is 1. The van der Waals surface area contributed by atoms with Crippen molar-refractivity contribution in [3.63, 3.8) is 0 Å². The van der Waals surface area contributed by atoms with E-state index in [0.717, 1.165) is 17.8 Å². The van der Waals surface area contributed by atoms with Gasteiger partial charge in [-0.25, -0.2) is 14.4 Å². The molecule has 13 heteroatoms. The fourth-order valence-corrected chi connectivity index (χ4v) is 6.02. The number of methoxy groups -OCH3 is 1. The number of ether oxygens (including phenoxy) is 1. The number of aromatic nitrogens is 3. The Morgan fingerprint density at radius 3 is 2.67 bits per heavy atom. The zero-order valence-corrected chi connectivity index (χ0v) is 25.9. The van der Waals surface area contributed by atoms with Gasteiger partial charge in [0.05, 0.1) is 25.5 Å². The van der Waals surface area contributed by atoms with E-state index in [2.05, 4.69) is 25.9 Å². The van der Waals surface area contributed by atoms with Crippen molar-refractivity contribution in [1.29, 1.82) is 0 Å². The Hall–Kier alpha value is -5.04. The summed E-state index contributed by atoms with van der Waals surface area (Å²) in [5.41, 5.74) is 4.07. The van der Waals surface area contributed by atoms with Crippen molar-refractivity contribution in [2.24, 2.45) is 5.92 Å². The standard InChI is InChI=1S/C33H37FN8O4/c1-21-17-24(39-30-31-38-19-27(42(31)16-11-36-30)23-3-6-28(46-2)26(34)18-23)4-5-25(21)33(45)41-12-7-22(8-13-41)32(44)37-10-15-40-14-9-35-20-29(40)43/h3-6,11,16-19,22,35H,7-10,12-15,20H2,1-2H3,(H,36,39)(H,37,44). The van der Waals surface area contributed by atoms with Gasteiger partial charge in [0, 0.05) is 74.4 Å². The highest BCUT2D eigenvalue weighted by Gasteiger charge is 2.28. The third kappa shape index (κ3) is 6.50. The summed E-state index contributed by atoms with van der Waals surface area (Å²) in [5, 5.41) is 9.31. The molecule has 3 amide bonds. The highest BCUT2D eigenvalue weighted by Crippen LogP contribution is 2.29. The molecule has 4 aromatic rings. The molecule has 0 bridgehead atoms. The van der Waals surface area contributed by atoms with Gasteiger partial charge >= 0.3 is 0 Å². The van der Waals surface area contributed by atoms with Crippen LogP contribution in [0, 0.1) is 18.7 Å². The zero-order valence-electron chi connectivity index (χ0n) is 25.9. The minimum absolute atomic E-state index is 0.0225. The second-order valence-corrected chi connectivity index (χ2v) is 11.5. The van der Waals surface area contributed by atoms with E-state index in [1.54, 1.807) is 46.6 Å². The molecule has 0 unspecified atom stereocenters. The van der Waals surface area contributed by atoms with Gasteiger partial charge in [-0.3, -0.25) is 18.8 Å². The number of piperidine rings is 1. The molecule has 46 heavy (non-hydrogen) atoms. The maximum atomic E-state index is 14.4. The van der Waals surface area contributed by atoms with Gasteiger partial charge in [0.15, 0.2) is 23.0 Å². The lowest BCUT2D eigenvalue weighted by atomic mass is 9.95. The van der Waals surface area contributed by atoms with Gasteiger partial charge in [0.2, 0.25) is 11.8 Å². The van der Waals surface area contributed by atoms with Crippen LogP contribution in [0.4, 0.5) is 15.9 Å². The summed E-state index contributed by atoms with van der Waals surface area (Å²) < 4.78 is 21.2. The molecule has 2 aliphatic rings. The van der Waals surface area contributed by atoms with E-state index in [4.69, 9.17) is 4.74 Å². The molecule has 0 spiro atoms. The van der Waals surface area contributed by atoms with Crippen LogP contribution in [-0.4, -0.2) is 94.8 Å². The fraction of sp³-hybridized carbons (Fsp3) is 0.364. The summed E-state index contributed by atoms with van der Waals surface area (Å²) in [6.07, 6.45) is 6.25.